The Kier molecular flexibility index (Phi) is 2.88. The fraction of sp³-hybridized carbons (Fsp3) is 0.875. The van der Waals surface area contributed by atoms with Crippen LogP contribution in [0.3, 0.4) is 0 Å². The van der Waals surface area contributed by atoms with E-state index in [4.69, 9.17) is 0 Å². The molecular formula is C8H16N2O. The zero-order valence-corrected chi connectivity index (χ0v) is 7.26. The van der Waals surface area contributed by atoms with Crippen LogP contribution in [-0.4, -0.2) is 37.0 Å². The average molecular weight is 156 g/mol. The first kappa shape index (κ1) is 8.53. The van der Waals surface area contributed by atoms with Crippen molar-refractivity contribution in [3.8, 4) is 0 Å². The standard InChI is InChI=1S/C8H16N2O/c1-7(11)10-5-3-4-8(10)6-9-2/h8-9H,3-6H2,1-2H3. The van der Waals surface area contributed by atoms with Gasteiger partial charge in [-0.15, -0.1) is 0 Å². The van der Waals surface area contributed by atoms with Gasteiger partial charge in [-0.1, -0.05) is 0 Å². The molecule has 1 N–H and O–H groups in total. The van der Waals surface area contributed by atoms with Gasteiger partial charge in [-0.3, -0.25) is 4.79 Å². The van der Waals surface area contributed by atoms with Crippen molar-refractivity contribution in [2.45, 2.75) is 25.8 Å². The molecule has 0 spiro atoms. The molecule has 3 nitrogen and oxygen atoms in total. The van der Waals surface area contributed by atoms with Crippen LogP contribution in [-0.2, 0) is 4.79 Å². The predicted molar refractivity (Wildman–Crippen MR) is 44.3 cm³/mol. The summed E-state index contributed by atoms with van der Waals surface area (Å²) < 4.78 is 0. The van der Waals surface area contributed by atoms with E-state index in [9.17, 15) is 4.79 Å². The van der Waals surface area contributed by atoms with Gasteiger partial charge in [0.2, 0.25) is 5.91 Å². The molecule has 1 saturated heterocycles. The first-order valence-electron chi connectivity index (χ1n) is 4.17. The molecule has 1 heterocycles. The van der Waals surface area contributed by atoms with Gasteiger partial charge in [0.1, 0.15) is 0 Å². The zero-order chi connectivity index (χ0) is 8.27. The Hall–Kier alpha value is -0.570. The lowest BCUT2D eigenvalue weighted by molar-refractivity contribution is -0.129. The molecule has 0 radical (unpaired) electrons. The molecule has 1 rings (SSSR count). The van der Waals surface area contributed by atoms with Crippen molar-refractivity contribution in [3.63, 3.8) is 0 Å². The molecule has 0 aromatic carbocycles. The molecule has 64 valence electrons. The summed E-state index contributed by atoms with van der Waals surface area (Å²) in [5.41, 5.74) is 0. The molecule has 1 aliphatic rings. The van der Waals surface area contributed by atoms with E-state index in [0.29, 0.717) is 6.04 Å². The second-order valence-corrected chi connectivity index (χ2v) is 3.07. The number of likely N-dealkylation sites (N-methyl/N-ethyl adjacent to an activating group) is 1. The van der Waals surface area contributed by atoms with Crippen molar-refractivity contribution in [1.82, 2.24) is 10.2 Å². The van der Waals surface area contributed by atoms with Gasteiger partial charge in [-0.2, -0.15) is 0 Å². The number of carbonyl (C=O) groups excluding carboxylic acids is 1. The lowest BCUT2D eigenvalue weighted by Gasteiger charge is -2.22. The van der Waals surface area contributed by atoms with Gasteiger partial charge in [0, 0.05) is 26.1 Å². The molecule has 1 aliphatic heterocycles. The number of rotatable bonds is 2. The second-order valence-electron chi connectivity index (χ2n) is 3.07. The third kappa shape index (κ3) is 1.93. The first-order valence-corrected chi connectivity index (χ1v) is 4.17. The molecule has 3 heteroatoms. The molecule has 0 bridgehead atoms. The largest absolute Gasteiger partial charge is 0.339 e. The quantitative estimate of drug-likeness (QED) is 0.620. The minimum absolute atomic E-state index is 0.211. The first-order chi connectivity index (χ1) is 5.25. The smallest absolute Gasteiger partial charge is 0.219 e. The molecular weight excluding hydrogens is 140 g/mol. The van der Waals surface area contributed by atoms with E-state index >= 15 is 0 Å². The molecule has 11 heavy (non-hydrogen) atoms. The number of nitrogens with zero attached hydrogens (tertiary/aromatic N) is 1. The third-order valence-electron chi connectivity index (χ3n) is 2.22. The van der Waals surface area contributed by atoms with Crippen LogP contribution >= 0.6 is 0 Å². The Morgan fingerprint density at radius 2 is 2.45 bits per heavy atom. The van der Waals surface area contributed by atoms with E-state index in [1.54, 1.807) is 6.92 Å². The fourth-order valence-corrected chi connectivity index (χ4v) is 1.70. The number of nitrogens with one attached hydrogen (secondary N) is 1. The fourth-order valence-electron chi connectivity index (χ4n) is 1.70. The molecule has 1 amide bonds. The van der Waals surface area contributed by atoms with Crippen molar-refractivity contribution < 1.29 is 4.79 Å². The summed E-state index contributed by atoms with van der Waals surface area (Å²) in [6.07, 6.45) is 2.31. The number of likely N-dealkylation sites (tertiary alicyclic amines) is 1. The Morgan fingerprint density at radius 3 is 3.00 bits per heavy atom. The van der Waals surface area contributed by atoms with Crippen LogP contribution in [0.4, 0.5) is 0 Å². The summed E-state index contributed by atoms with van der Waals surface area (Å²) in [6.45, 7) is 3.52. The van der Waals surface area contributed by atoms with Gasteiger partial charge < -0.3 is 10.2 Å². The van der Waals surface area contributed by atoms with Gasteiger partial charge in [0.25, 0.3) is 0 Å². The minimum Gasteiger partial charge on any atom is -0.339 e. The molecule has 1 atom stereocenters. The lowest BCUT2D eigenvalue weighted by atomic mass is 10.2. The minimum atomic E-state index is 0.211. The highest BCUT2D eigenvalue weighted by molar-refractivity contribution is 5.73. The highest BCUT2D eigenvalue weighted by atomic mass is 16.2. The zero-order valence-electron chi connectivity index (χ0n) is 7.26. The van der Waals surface area contributed by atoms with Crippen molar-refractivity contribution >= 4 is 5.91 Å². The molecule has 1 fully saturated rings. The van der Waals surface area contributed by atoms with Crippen LogP contribution in [0, 0.1) is 0 Å². The molecule has 0 aromatic heterocycles. The number of carbonyl (C=O) groups is 1. The average Bonchev–Trinajstić information content (AvgIpc) is 2.36. The van der Waals surface area contributed by atoms with E-state index in [-0.39, 0.29) is 5.91 Å². The second kappa shape index (κ2) is 3.72. The number of hydrogen-bond donors (Lipinski definition) is 1. The normalized spacial score (nSPS) is 24.2. The number of hydrogen-bond acceptors (Lipinski definition) is 2. The maximum atomic E-state index is 11.0. The van der Waals surface area contributed by atoms with Gasteiger partial charge in [-0.05, 0) is 19.9 Å². The Labute approximate surface area is 67.8 Å². The van der Waals surface area contributed by atoms with Crippen LogP contribution in [0.2, 0.25) is 0 Å². The van der Waals surface area contributed by atoms with Crippen LogP contribution < -0.4 is 5.32 Å². The maximum Gasteiger partial charge on any atom is 0.219 e. The third-order valence-corrected chi connectivity index (χ3v) is 2.22. The van der Waals surface area contributed by atoms with E-state index < -0.39 is 0 Å². The van der Waals surface area contributed by atoms with Crippen molar-refractivity contribution in [2.75, 3.05) is 20.1 Å². The van der Waals surface area contributed by atoms with Gasteiger partial charge in [-0.25, -0.2) is 0 Å². The topological polar surface area (TPSA) is 32.3 Å². The Bertz CT molecular complexity index is 147. The van der Waals surface area contributed by atoms with Crippen molar-refractivity contribution in [1.29, 1.82) is 0 Å². The lowest BCUT2D eigenvalue weighted by Crippen LogP contribution is -2.39. The molecule has 0 saturated carbocycles. The Balaban J connectivity index is 2.44. The summed E-state index contributed by atoms with van der Waals surface area (Å²) in [4.78, 5) is 13.0. The van der Waals surface area contributed by atoms with Crippen LogP contribution in [0.15, 0.2) is 0 Å². The molecule has 1 unspecified atom stereocenters. The monoisotopic (exact) mass is 156 g/mol. The summed E-state index contributed by atoms with van der Waals surface area (Å²) in [7, 11) is 1.93. The van der Waals surface area contributed by atoms with Crippen molar-refractivity contribution in [3.05, 3.63) is 0 Å². The van der Waals surface area contributed by atoms with E-state index in [2.05, 4.69) is 5.32 Å². The van der Waals surface area contributed by atoms with Crippen LogP contribution in [0.5, 0.6) is 0 Å². The molecule has 0 aliphatic carbocycles. The summed E-state index contributed by atoms with van der Waals surface area (Å²) in [5, 5.41) is 3.10. The predicted octanol–water partition coefficient (Wildman–Crippen LogP) is 0.217. The van der Waals surface area contributed by atoms with Crippen molar-refractivity contribution in [2.24, 2.45) is 0 Å². The van der Waals surface area contributed by atoms with E-state index in [1.165, 1.54) is 0 Å². The highest BCUT2D eigenvalue weighted by Gasteiger charge is 2.25. The van der Waals surface area contributed by atoms with Crippen LogP contribution in [0.25, 0.3) is 0 Å². The Morgan fingerprint density at radius 1 is 1.73 bits per heavy atom. The molecule has 0 aromatic rings. The van der Waals surface area contributed by atoms with E-state index in [1.807, 2.05) is 11.9 Å². The SMILES string of the molecule is CNCC1CCCN1C(C)=O. The van der Waals surface area contributed by atoms with E-state index in [0.717, 1.165) is 25.9 Å². The van der Waals surface area contributed by atoms with Crippen LogP contribution in [0.1, 0.15) is 19.8 Å². The summed E-state index contributed by atoms with van der Waals surface area (Å²) in [6, 6.07) is 0.442. The van der Waals surface area contributed by atoms with Gasteiger partial charge in [0.05, 0.1) is 0 Å². The van der Waals surface area contributed by atoms with Gasteiger partial charge in [0.15, 0.2) is 0 Å². The number of amides is 1. The van der Waals surface area contributed by atoms with Gasteiger partial charge >= 0.3 is 0 Å². The summed E-state index contributed by atoms with van der Waals surface area (Å²) in [5.74, 6) is 0.211. The highest BCUT2D eigenvalue weighted by Crippen LogP contribution is 2.15. The summed E-state index contributed by atoms with van der Waals surface area (Å²) >= 11 is 0. The maximum absolute atomic E-state index is 11.0.